The smallest absolute Gasteiger partial charge is 0.266 e. The van der Waals surface area contributed by atoms with Crippen LogP contribution >= 0.6 is 23.1 Å². The van der Waals surface area contributed by atoms with Crippen molar-refractivity contribution in [2.45, 2.75) is 23.1 Å². The highest BCUT2D eigenvalue weighted by atomic mass is 32.2. The van der Waals surface area contributed by atoms with E-state index in [2.05, 4.69) is 27.6 Å². The van der Waals surface area contributed by atoms with Gasteiger partial charge in [0.2, 0.25) is 5.13 Å². The van der Waals surface area contributed by atoms with E-state index < -0.39 is 6.10 Å². The van der Waals surface area contributed by atoms with Crippen LogP contribution in [0.3, 0.4) is 0 Å². The summed E-state index contributed by atoms with van der Waals surface area (Å²) in [5.74, 6) is 1.85. The summed E-state index contributed by atoms with van der Waals surface area (Å²) >= 11 is 2.93. The van der Waals surface area contributed by atoms with Crippen LogP contribution in [0.15, 0.2) is 58.9 Å². The van der Waals surface area contributed by atoms with Gasteiger partial charge >= 0.3 is 0 Å². The van der Waals surface area contributed by atoms with E-state index in [9.17, 15) is 4.79 Å². The topological polar surface area (TPSA) is 73.3 Å². The van der Waals surface area contributed by atoms with E-state index in [-0.39, 0.29) is 5.91 Å². The van der Waals surface area contributed by atoms with Gasteiger partial charge in [-0.2, -0.15) is 0 Å². The van der Waals surface area contributed by atoms with Crippen molar-refractivity contribution in [3.05, 3.63) is 60.2 Å². The predicted molar refractivity (Wildman–Crippen MR) is 108 cm³/mol. The number of benzene rings is 2. The Balaban J connectivity index is 1.50. The van der Waals surface area contributed by atoms with Crippen LogP contribution in [0.4, 0.5) is 5.13 Å². The lowest BCUT2D eigenvalue weighted by Crippen LogP contribution is -2.30. The maximum Gasteiger partial charge on any atom is 0.266 e. The number of amides is 1. The van der Waals surface area contributed by atoms with Crippen molar-refractivity contribution in [2.24, 2.45) is 0 Å². The lowest BCUT2D eigenvalue weighted by atomic mass is 10.2. The molecular weight excluding hydrogens is 382 g/mol. The SMILES string of the molecule is COc1ccc(O[C@@H](C)C(=O)Nc2nnc(SCc3ccccc3)s2)cc1. The molecule has 0 bridgehead atoms. The first kappa shape index (κ1) is 19.2. The molecule has 0 aliphatic heterocycles. The summed E-state index contributed by atoms with van der Waals surface area (Å²) in [5, 5.41) is 11.3. The minimum atomic E-state index is -0.664. The number of methoxy groups -OCH3 is 1. The molecule has 1 amide bonds. The van der Waals surface area contributed by atoms with Crippen LogP contribution in [0.5, 0.6) is 11.5 Å². The van der Waals surface area contributed by atoms with Gasteiger partial charge in [0.05, 0.1) is 7.11 Å². The van der Waals surface area contributed by atoms with E-state index in [0.717, 1.165) is 15.8 Å². The zero-order chi connectivity index (χ0) is 19.1. The number of hydrogen-bond acceptors (Lipinski definition) is 7. The van der Waals surface area contributed by atoms with Crippen LogP contribution in [-0.4, -0.2) is 29.3 Å². The molecule has 0 unspecified atom stereocenters. The largest absolute Gasteiger partial charge is 0.497 e. The fraction of sp³-hybridized carbons (Fsp3) is 0.211. The van der Waals surface area contributed by atoms with E-state index in [0.29, 0.717) is 10.9 Å². The molecule has 0 radical (unpaired) electrons. The normalized spacial score (nSPS) is 11.6. The summed E-state index contributed by atoms with van der Waals surface area (Å²) in [5.41, 5.74) is 1.21. The fourth-order valence-electron chi connectivity index (χ4n) is 2.16. The van der Waals surface area contributed by atoms with Crippen LogP contribution in [0.2, 0.25) is 0 Å². The predicted octanol–water partition coefficient (Wildman–Crippen LogP) is 4.25. The fourth-order valence-corrected chi connectivity index (χ4v) is 3.87. The van der Waals surface area contributed by atoms with Gasteiger partial charge in [-0.1, -0.05) is 53.4 Å². The van der Waals surface area contributed by atoms with Crippen LogP contribution in [-0.2, 0) is 10.5 Å². The molecule has 0 spiro atoms. The van der Waals surface area contributed by atoms with Gasteiger partial charge in [0.25, 0.3) is 5.91 Å². The van der Waals surface area contributed by atoms with Gasteiger partial charge in [-0.3, -0.25) is 10.1 Å². The summed E-state index contributed by atoms with van der Waals surface area (Å²) in [4.78, 5) is 12.3. The number of nitrogens with one attached hydrogen (secondary N) is 1. The van der Waals surface area contributed by atoms with Crippen LogP contribution in [0, 0.1) is 0 Å². The van der Waals surface area contributed by atoms with Crippen molar-refractivity contribution in [3.8, 4) is 11.5 Å². The zero-order valence-corrected chi connectivity index (χ0v) is 16.5. The van der Waals surface area contributed by atoms with Gasteiger partial charge < -0.3 is 9.47 Å². The molecule has 6 nitrogen and oxygen atoms in total. The highest BCUT2D eigenvalue weighted by molar-refractivity contribution is 8.00. The second kappa shape index (κ2) is 9.38. The van der Waals surface area contributed by atoms with Crippen molar-refractivity contribution >= 4 is 34.1 Å². The van der Waals surface area contributed by atoms with Gasteiger partial charge in [-0.25, -0.2) is 0 Å². The highest BCUT2D eigenvalue weighted by Crippen LogP contribution is 2.28. The molecule has 0 saturated heterocycles. The number of carbonyl (C=O) groups excluding carboxylic acids is 1. The number of carbonyl (C=O) groups is 1. The van der Waals surface area contributed by atoms with Gasteiger partial charge in [-0.05, 0) is 36.8 Å². The molecule has 1 heterocycles. The van der Waals surface area contributed by atoms with Crippen LogP contribution in [0.1, 0.15) is 12.5 Å². The van der Waals surface area contributed by atoms with Gasteiger partial charge in [-0.15, -0.1) is 10.2 Å². The van der Waals surface area contributed by atoms with Crippen molar-refractivity contribution < 1.29 is 14.3 Å². The summed E-state index contributed by atoms with van der Waals surface area (Å²) in [6.07, 6.45) is -0.664. The number of aromatic nitrogens is 2. The number of ether oxygens (including phenoxy) is 2. The first-order chi connectivity index (χ1) is 13.1. The lowest BCUT2D eigenvalue weighted by molar-refractivity contribution is -0.122. The number of rotatable bonds is 8. The summed E-state index contributed by atoms with van der Waals surface area (Å²) in [7, 11) is 1.60. The molecule has 1 N–H and O–H groups in total. The molecule has 3 rings (SSSR count). The minimum absolute atomic E-state index is 0.276. The molecule has 2 aromatic carbocycles. The molecule has 0 aliphatic carbocycles. The van der Waals surface area contributed by atoms with E-state index >= 15 is 0 Å². The van der Waals surface area contributed by atoms with Crippen molar-refractivity contribution in [3.63, 3.8) is 0 Å². The molecule has 0 fully saturated rings. The third-order valence-electron chi connectivity index (χ3n) is 3.58. The summed E-state index contributed by atoms with van der Waals surface area (Å²) in [6, 6.07) is 17.2. The van der Waals surface area contributed by atoms with E-state index in [1.807, 2.05) is 18.2 Å². The molecule has 1 atom stereocenters. The standard InChI is InChI=1S/C19H19N3O3S2/c1-13(25-16-10-8-15(24-2)9-11-16)17(23)20-18-21-22-19(27-18)26-12-14-6-4-3-5-7-14/h3-11,13H,12H2,1-2H3,(H,20,21,23)/t13-/m0/s1. The Labute approximate surface area is 165 Å². The first-order valence-corrected chi connectivity index (χ1v) is 10.1. The Kier molecular flexibility index (Phi) is 6.67. The van der Waals surface area contributed by atoms with Crippen LogP contribution < -0.4 is 14.8 Å². The number of anilines is 1. The quantitative estimate of drug-likeness (QED) is 0.449. The Morgan fingerprint density at radius 2 is 1.81 bits per heavy atom. The Hall–Kier alpha value is -2.58. The Bertz CT molecular complexity index is 869. The summed E-state index contributed by atoms with van der Waals surface area (Å²) in [6.45, 7) is 1.69. The highest BCUT2D eigenvalue weighted by Gasteiger charge is 2.17. The molecule has 1 aromatic heterocycles. The third kappa shape index (κ3) is 5.70. The lowest BCUT2D eigenvalue weighted by Gasteiger charge is -2.13. The Morgan fingerprint density at radius 1 is 1.11 bits per heavy atom. The Morgan fingerprint density at radius 3 is 2.52 bits per heavy atom. The van der Waals surface area contributed by atoms with Gasteiger partial charge in [0, 0.05) is 5.75 Å². The average molecular weight is 402 g/mol. The van der Waals surface area contributed by atoms with Crippen LogP contribution in [0.25, 0.3) is 0 Å². The molecular formula is C19H19N3O3S2. The molecule has 0 saturated carbocycles. The molecule has 140 valence electrons. The number of nitrogens with zero attached hydrogens (tertiary/aromatic N) is 2. The third-order valence-corrected chi connectivity index (χ3v) is 5.63. The number of hydrogen-bond donors (Lipinski definition) is 1. The first-order valence-electron chi connectivity index (χ1n) is 8.26. The maximum atomic E-state index is 12.3. The van der Waals surface area contributed by atoms with Gasteiger partial charge in [0.1, 0.15) is 11.5 Å². The molecule has 0 aliphatic rings. The van der Waals surface area contributed by atoms with Crippen molar-refractivity contribution in [2.75, 3.05) is 12.4 Å². The molecule has 8 heteroatoms. The van der Waals surface area contributed by atoms with E-state index in [1.165, 1.54) is 16.9 Å². The second-order valence-corrected chi connectivity index (χ2v) is 7.77. The zero-order valence-electron chi connectivity index (χ0n) is 14.9. The molecule has 27 heavy (non-hydrogen) atoms. The van der Waals surface area contributed by atoms with E-state index in [1.54, 1.807) is 50.1 Å². The second-order valence-electron chi connectivity index (χ2n) is 5.57. The van der Waals surface area contributed by atoms with Crippen molar-refractivity contribution in [1.82, 2.24) is 10.2 Å². The van der Waals surface area contributed by atoms with Crippen molar-refractivity contribution in [1.29, 1.82) is 0 Å². The summed E-state index contributed by atoms with van der Waals surface area (Å²) < 4.78 is 11.5. The van der Waals surface area contributed by atoms with E-state index in [4.69, 9.17) is 9.47 Å². The van der Waals surface area contributed by atoms with Gasteiger partial charge in [0.15, 0.2) is 10.4 Å². The average Bonchev–Trinajstić information content (AvgIpc) is 3.15. The molecule has 3 aromatic rings. The minimum Gasteiger partial charge on any atom is -0.497 e. The monoisotopic (exact) mass is 401 g/mol. The maximum absolute atomic E-state index is 12.3. The number of thioether (sulfide) groups is 1.